The molecule has 0 radical (unpaired) electrons. The number of aryl methyl sites for hydroxylation is 1. The molecule has 1 aromatic heterocycles. The molecule has 5 heteroatoms. The lowest BCUT2D eigenvalue weighted by molar-refractivity contribution is -0.128. The fraction of sp³-hybridized carbons (Fsp3) is 0.455. The highest BCUT2D eigenvalue weighted by molar-refractivity contribution is 5.76. The van der Waals surface area contributed by atoms with Crippen LogP contribution in [0.2, 0.25) is 0 Å². The minimum absolute atomic E-state index is 0.0822. The van der Waals surface area contributed by atoms with Gasteiger partial charge >= 0.3 is 0 Å². The first-order valence-corrected chi connectivity index (χ1v) is 5.17. The topological polar surface area (TPSA) is 71.2 Å². The van der Waals surface area contributed by atoms with Gasteiger partial charge in [-0.1, -0.05) is 0 Å². The summed E-state index contributed by atoms with van der Waals surface area (Å²) in [6, 6.07) is 1.85. The number of aromatic nitrogens is 1. The highest BCUT2D eigenvalue weighted by Gasteiger charge is 2.05. The van der Waals surface area contributed by atoms with Gasteiger partial charge in [0, 0.05) is 33.3 Å². The number of pyridine rings is 1. The molecule has 0 fully saturated rings. The number of amides is 1. The van der Waals surface area contributed by atoms with Gasteiger partial charge in [-0.3, -0.25) is 4.79 Å². The van der Waals surface area contributed by atoms with E-state index in [2.05, 4.69) is 10.3 Å². The van der Waals surface area contributed by atoms with Crippen molar-refractivity contribution in [2.24, 2.45) is 0 Å². The summed E-state index contributed by atoms with van der Waals surface area (Å²) < 4.78 is 0. The first-order valence-electron chi connectivity index (χ1n) is 5.17. The Labute approximate surface area is 95.7 Å². The van der Waals surface area contributed by atoms with E-state index in [1.165, 1.54) is 0 Å². The molecule has 1 amide bonds. The molecule has 0 spiro atoms. The minimum atomic E-state index is 0.0822. The van der Waals surface area contributed by atoms with E-state index in [-0.39, 0.29) is 5.91 Å². The van der Waals surface area contributed by atoms with Crippen LogP contribution in [0.25, 0.3) is 0 Å². The standard InChI is InChI=1S/C11H18N4O/c1-8-4-6-13-11(10(8)12)14-7-5-9(16)15(2)3/h4,6H,5,7,12H2,1-3H3,(H,13,14). The number of carbonyl (C=O) groups is 1. The van der Waals surface area contributed by atoms with Crippen LogP contribution < -0.4 is 11.1 Å². The van der Waals surface area contributed by atoms with Gasteiger partial charge in [-0.25, -0.2) is 4.98 Å². The normalized spacial score (nSPS) is 9.94. The molecule has 0 aliphatic heterocycles. The van der Waals surface area contributed by atoms with E-state index in [0.29, 0.717) is 24.5 Å². The number of carbonyl (C=O) groups excluding carboxylic acids is 1. The van der Waals surface area contributed by atoms with E-state index in [9.17, 15) is 4.79 Å². The molecule has 1 aromatic rings. The average Bonchev–Trinajstić information content (AvgIpc) is 2.24. The van der Waals surface area contributed by atoms with E-state index >= 15 is 0 Å². The molecule has 0 saturated heterocycles. The Morgan fingerprint density at radius 1 is 1.56 bits per heavy atom. The van der Waals surface area contributed by atoms with E-state index in [4.69, 9.17) is 5.73 Å². The summed E-state index contributed by atoms with van der Waals surface area (Å²) >= 11 is 0. The lowest BCUT2D eigenvalue weighted by Crippen LogP contribution is -2.24. The van der Waals surface area contributed by atoms with Crippen LogP contribution in [0.3, 0.4) is 0 Å². The lowest BCUT2D eigenvalue weighted by Gasteiger charge is -2.12. The third-order valence-electron chi connectivity index (χ3n) is 2.34. The lowest BCUT2D eigenvalue weighted by atomic mass is 10.2. The molecule has 3 N–H and O–H groups in total. The molecule has 0 saturated carbocycles. The Hall–Kier alpha value is -1.78. The van der Waals surface area contributed by atoms with Gasteiger partial charge in [0.25, 0.3) is 0 Å². The summed E-state index contributed by atoms with van der Waals surface area (Å²) in [7, 11) is 3.48. The van der Waals surface area contributed by atoms with Crippen LogP contribution >= 0.6 is 0 Å². The Morgan fingerprint density at radius 2 is 2.25 bits per heavy atom. The molecule has 0 unspecified atom stereocenters. The predicted octanol–water partition coefficient (Wildman–Crippen LogP) is 0.862. The van der Waals surface area contributed by atoms with Crippen LogP contribution in [0.1, 0.15) is 12.0 Å². The summed E-state index contributed by atoms with van der Waals surface area (Å²) in [6.45, 7) is 2.46. The summed E-state index contributed by atoms with van der Waals surface area (Å²) in [5.41, 5.74) is 7.46. The highest BCUT2D eigenvalue weighted by Crippen LogP contribution is 2.18. The second-order valence-electron chi connectivity index (χ2n) is 3.86. The number of rotatable bonds is 4. The van der Waals surface area contributed by atoms with E-state index < -0.39 is 0 Å². The Bertz CT molecular complexity index is 376. The molecule has 0 aliphatic rings. The van der Waals surface area contributed by atoms with E-state index in [0.717, 1.165) is 5.56 Å². The first kappa shape index (κ1) is 12.3. The van der Waals surface area contributed by atoms with Crippen molar-refractivity contribution < 1.29 is 4.79 Å². The Kier molecular flexibility index (Phi) is 4.10. The molecule has 0 atom stereocenters. The molecule has 1 rings (SSSR count). The van der Waals surface area contributed by atoms with Crippen molar-refractivity contribution in [3.05, 3.63) is 17.8 Å². The molecule has 5 nitrogen and oxygen atoms in total. The molecule has 0 bridgehead atoms. The zero-order valence-corrected chi connectivity index (χ0v) is 9.95. The second kappa shape index (κ2) is 5.34. The van der Waals surface area contributed by atoms with Gasteiger partial charge in [-0.15, -0.1) is 0 Å². The van der Waals surface area contributed by atoms with Gasteiger partial charge < -0.3 is 16.0 Å². The largest absolute Gasteiger partial charge is 0.396 e. The van der Waals surface area contributed by atoms with Crippen LogP contribution in [-0.4, -0.2) is 36.4 Å². The third kappa shape index (κ3) is 3.12. The van der Waals surface area contributed by atoms with Crippen molar-refractivity contribution >= 4 is 17.4 Å². The fourth-order valence-corrected chi connectivity index (χ4v) is 1.22. The smallest absolute Gasteiger partial charge is 0.223 e. The van der Waals surface area contributed by atoms with Gasteiger partial charge in [-0.2, -0.15) is 0 Å². The molecule has 0 aliphatic carbocycles. The van der Waals surface area contributed by atoms with Crippen LogP contribution in [0.15, 0.2) is 12.3 Å². The Balaban J connectivity index is 2.49. The van der Waals surface area contributed by atoms with Gasteiger partial charge in [-0.05, 0) is 18.6 Å². The predicted molar refractivity (Wildman–Crippen MR) is 65.2 cm³/mol. The molecule has 1 heterocycles. The van der Waals surface area contributed by atoms with Crippen molar-refractivity contribution in [3.8, 4) is 0 Å². The van der Waals surface area contributed by atoms with Gasteiger partial charge in [0.1, 0.15) is 5.82 Å². The van der Waals surface area contributed by atoms with E-state index in [1.807, 2.05) is 13.0 Å². The van der Waals surface area contributed by atoms with Crippen LogP contribution in [0.4, 0.5) is 11.5 Å². The van der Waals surface area contributed by atoms with Gasteiger partial charge in [0.2, 0.25) is 5.91 Å². The molecular weight excluding hydrogens is 204 g/mol. The van der Waals surface area contributed by atoms with Gasteiger partial charge in [0.05, 0.1) is 5.69 Å². The minimum Gasteiger partial charge on any atom is -0.396 e. The Morgan fingerprint density at radius 3 is 2.88 bits per heavy atom. The van der Waals surface area contributed by atoms with Crippen molar-refractivity contribution in [1.82, 2.24) is 9.88 Å². The zero-order valence-electron chi connectivity index (χ0n) is 9.95. The summed E-state index contributed by atoms with van der Waals surface area (Å²) in [5.74, 6) is 0.727. The summed E-state index contributed by atoms with van der Waals surface area (Å²) in [6.07, 6.45) is 2.13. The van der Waals surface area contributed by atoms with Crippen molar-refractivity contribution in [2.45, 2.75) is 13.3 Å². The number of nitrogens with two attached hydrogens (primary N) is 1. The molecular formula is C11H18N4O. The molecule has 88 valence electrons. The maximum absolute atomic E-state index is 11.3. The van der Waals surface area contributed by atoms with Crippen molar-refractivity contribution in [2.75, 3.05) is 31.7 Å². The van der Waals surface area contributed by atoms with E-state index in [1.54, 1.807) is 25.2 Å². The van der Waals surface area contributed by atoms with Crippen molar-refractivity contribution in [3.63, 3.8) is 0 Å². The quantitative estimate of drug-likeness (QED) is 0.792. The number of hydrogen-bond donors (Lipinski definition) is 2. The number of hydrogen-bond acceptors (Lipinski definition) is 4. The number of nitrogens with one attached hydrogen (secondary N) is 1. The number of nitrogens with zero attached hydrogens (tertiary/aromatic N) is 2. The average molecular weight is 222 g/mol. The maximum atomic E-state index is 11.3. The van der Waals surface area contributed by atoms with Crippen LogP contribution in [0, 0.1) is 6.92 Å². The van der Waals surface area contributed by atoms with Crippen LogP contribution in [0.5, 0.6) is 0 Å². The monoisotopic (exact) mass is 222 g/mol. The zero-order chi connectivity index (χ0) is 12.1. The molecule has 16 heavy (non-hydrogen) atoms. The second-order valence-corrected chi connectivity index (χ2v) is 3.86. The van der Waals surface area contributed by atoms with Crippen molar-refractivity contribution in [1.29, 1.82) is 0 Å². The summed E-state index contributed by atoms with van der Waals surface area (Å²) in [4.78, 5) is 17.0. The van der Waals surface area contributed by atoms with Gasteiger partial charge in [0.15, 0.2) is 0 Å². The van der Waals surface area contributed by atoms with Crippen LogP contribution in [-0.2, 0) is 4.79 Å². The number of nitrogen functional groups attached to an aromatic ring is 1. The summed E-state index contributed by atoms with van der Waals surface area (Å²) in [5, 5.41) is 3.06. The maximum Gasteiger partial charge on any atom is 0.223 e. The SMILES string of the molecule is Cc1ccnc(NCCC(=O)N(C)C)c1N. The number of anilines is 2. The fourth-order valence-electron chi connectivity index (χ4n) is 1.22. The first-order chi connectivity index (χ1) is 7.52. The highest BCUT2D eigenvalue weighted by atomic mass is 16.2. The third-order valence-corrected chi connectivity index (χ3v) is 2.34. The molecule has 0 aromatic carbocycles.